The van der Waals surface area contributed by atoms with Crippen LogP contribution in [0.15, 0.2) is 78.9 Å². The van der Waals surface area contributed by atoms with Gasteiger partial charge in [0.05, 0.1) is 17.8 Å². The van der Waals surface area contributed by atoms with E-state index in [2.05, 4.69) is 15.4 Å². The molecule has 0 aliphatic rings. The summed E-state index contributed by atoms with van der Waals surface area (Å²) < 4.78 is 6.81. The van der Waals surface area contributed by atoms with Gasteiger partial charge in [-0.25, -0.2) is 9.67 Å². The van der Waals surface area contributed by atoms with Crippen molar-refractivity contribution in [3.8, 4) is 22.8 Å². The number of ether oxygens (including phenoxy) is 1. The van der Waals surface area contributed by atoms with Gasteiger partial charge in [-0.2, -0.15) is 0 Å². The van der Waals surface area contributed by atoms with Gasteiger partial charge in [0.1, 0.15) is 5.75 Å². The second kappa shape index (κ2) is 8.80. The van der Waals surface area contributed by atoms with Crippen molar-refractivity contribution in [2.75, 3.05) is 7.11 Å². The van der Waals surface area contributed by atoms with E-state index in [0.29, 0.717) is 23.1 Å². The van der Waals surface area contributed by atoms with Crippen LogP contribution in [0, 0.1) is 0 Å². The number of nitrogens with zero attached hydrogens (tertiary/aromatic N) is 3. The molecule has 7 heteroatoms. The summed E-state index contributed by atoms with van der Waals surface area (Å²) in [6, 6.07) is 24.3. The fraction of sp³-hybridized carbons (Fsp3) is 0.0870. The molecule has 6 nitrogen and oxygen atoms in total. The van der Waals surface area contributed by atoms with Crippen LogP contribution in [0.1, 0.15) is 16.2 Å². The van der Waals surface area contributed by atoms with Crippen LogP contribution in [0.4, 0.5) is 0 Å². The molecule has 0 saturated heterocycles. The van der Waals surface area contributed by atoms with Crippen molar-refractivity contribution in [1.82, 2.24) is 20.1 Å². The quantitative estimate of drug-likeness (QED) is 0.499. The maximum Gasteiger partial charge on any atom is 0.291 e. The first-order valence-electron chi connectivity index (χ1n) is 9.34. The highest BCUT2D eigenvalue weighted by Crippen LogP contribution is 2.27. The minimum Gasteiger partial charge on any atom is -0.497 e. The highest BCUT2D eigenvalue weighted by molar-refractivity contribution is 6.32. The van der Waals surface area contributed by atoms with Crippen molar-refractivity contribution in [3.63, 3.8) is 0 Å². The van der Waals surface area contributed by atoms with Crippen molar-refractivity contribution < 1.29 is 9.53 Å². The van der Waals surface area contributed by atoms with E-state index in [4.69, 9.17) is 16.3 Å². The highest BCUT2D eigenvalue weighted by atomic mass is 35.5. The molecule has 0 bridgehead atoms. The van der Waals surface area contributed by atoms with Gasteiger partial charge >= 0.3 is 0 Å². The van der Waals surface area contributed by atoms with E-state index in [1.807, 2.05) is 72.8 Å². The molecule has 0 aliphatic carbocycles. The normalized spacial score (nSPS) is 10.6. The molecule has 0 saturated carbocycles. The van der Waals surface area contributed by atoms with E-state index in [9.17, 15) is 4.79 Å². The lowest BCUT2D eigenvalue weighted by atomic mass is 10.2. The summed E-state index contributed by atoms with van der Waals surface area (Å²) in [7, 11) is 1.61. The third-order valence-corrected chi connectivity index (χ3v) is 4.85. The molecule has 1 aromatic heterocycles. The van der Waals surface area contributed by atoms with Crippen molar-refractivity contribution >= 4 is 17.5 Å². The second-order valence-electron chi connectivity index (χ2n) is 6.52. The first-order chi connectivity index (χ1) is 14.7. The Morgan fingerprint density at radius 2 is 1.70 bits per heavy atom. The molecule has 0 spiro atoms. The van der Waals surface area contributed by atoms with Crippen LogP contribution in [0.2, 0.25) is 5.02 Å². The SMILES string of the molecule is COc1ccc(-c2nc(C(=O)NCc3ccccc3)nn2-c2ccccc2Cl)cc1. The van der Waals surface area contributed by atoms with Crippen molar-refractivity contribution in [1.29, 1.82) is 0 Å². The summed E-state index contributed by atoms with van der Waals surface area (Å²) in [4.78, 5) is 17.2. The number of nitrogens with one attached hydrogen (secondary N) is 1. The molecule has 4 rings (SSSR count). The predicted molar refractivity (Wildman–Crippen MR) is 116 cm³/mol. The molecular weight excluding hydrogens is 400 g/mol. The molecule has 0 radical (unpaired) electrons. The van der Waals surface area contributed by atoms with Crippen LogP contribution in [-0.2, 0) is 6.54 Å². The van der Waals surface area contributed by atoms with E-state index in [1.54, 1.807) is 17.9 Å². The Morgan fingerprint density at radius 1 is 1.00 bits per heavy atom. The van der Waals surface area contributed by atoms with Gasteiger partial charge in [-0.05, 0) is 42.0 Å². The van der Waals surface area contributed by atoms with Gasteiger partial charge in [0.2, 0.25) is 5.82 Å². The number of halogens is 1. The molecule has 30 heavy (non-hydrogen) atoms. The summed E-state index contributed by atoms with van der Waals surface area (Å²) >= 11 is 6.39. The highest BCUT2D eigenvalue weighted by Gasteiger charge is 2.20. The number of hydrogen-bond donors (Lipinski definition) is 1. The Morgan fingerprint density at radius 3 is 2.40 bits per heavy atom. The molecule has 0 unspecified atom stereocenters. The van der Waals surface area contributed by atoms with Crippen molar-refractivity contribution in [3.05, 3.63) is 95.3 Å². The van der Waals surface area contributed by atoms with E-state index in [0.717, 1.165) is 16.9 Å². The third-order valence-electron chi connectivity index (χ3n) is 4.53. The maximum atomic E-state index is 12.7. The average Bonchev–Trinajstić information content (AvgIpc) is 3.24. The van der Waals surface area contributed by atoms with Gasteiger partial charge in [-0.15, -0.1) is 5.10 Å². The fourth-order valence-corrected chi connectivity index (χ4v) is 3.20. The van der Waals surface area contributed by atoms with E-state index in [-0.39, 0.29) is 11.7 Å². The Labute approximate surface area is 179 Å². The lowest BCUT2D eigenvalue weighted by Gasteiger charge is -2.08. The molecule has 0 aliphatic heterocycles. The number of amides is 1. The van der Waals surface area contributed by atoms with Crippen LogP contribution < -0.4 is 10.1 Å². The number of para-hydroxylation sites is 1. The van der Waals surface area contributed by atoms with E-state index < -0.39 is 0 Å². The Bertz CT molecular complexity index is 1160. The first-order valence-corrected chi connectivity index (χ1v) is 9.72. The number of methoxy groups -OCH3 is 1. The zero-order valence-corrected chi connectivity index (χ0v) is 17.0. The standard InChI is InChI=1S/C23H19ClN4O2/c1-30-18-13-11-17(12-14-18)22-26-21(23(29)25-15-16-7-3-2-4-8-16)27-28(22)20-10-6-5-9-19(20)24/h2-14H,15H2,1H3,(H,25,29). The zero-order chi connectivity index (χ0) is 20.9. The van der Waals surface area contributed by atoms with E-state index >= 15 is 0 Å². The summed E-state index contributed by atoms with van der Waals surface area (Å²) in [5.74, 6) is 0.940. The summed E-state index contributed by atoms with van der Waals surface area (Å²) in [6.45, 7) is 0.387. The van der Waals surface area contributed by atoms with Crippen LogP contribution in [0.5, 0.6) is 5.75 Å². The molecule has 1 N–H and O–H groups in total. The molecule has 0 atom stereocenters. The number of aromatic nitrogens is 3. The Balaban J connectivity index is 1.70. The lowest BCUT2D eigenvalue weighted by Crippen LogP contribution is -2.24. The number of carbonyl (C=O) groups is 1. The molecule has 0 fully saturated rings. The molecule has 4 aromatic rings. The summed E-state index contributed by atoms with van der Waals surface area (Å²) in [5.41, 5.74) is 2.41. The molecule has 1 heterocycles. The van der Waals surface area contributed by atoms with Crippen molar-refractivity contribution in [2.45, 2.75) is 6.54 Å². The minimum absolute atomic E-state index is 0.0664. The monoisotopic (exact) mass is 418 g/mol. The molecular formula is C23H19ClN4O2. The van der Waals surface area contributed by atoms with E-state index in [1.165, 1.54) is 0 Å². The van der Waals surface area contributed by atoms with Gasteiger partial charge in [0.15, 0.2) is 5.82 Å². The summed E-state index contributed by atoms with van der Waals surface area (Å²) in [6.07, 6.45) is 0. The molecule has 150 valence electrons. The van der Waals surface area contributed by atoms with Crippen molar-refractivity contribution in [2.24, 2.45) is 0 Å². The number of rotatable bonds is 6. The second-order valence-corrected chi connectivity index (χ2v) is 6.93. The smallest absolute Gasteiger partial charge is 0.291 e. The van der Waals surface area contributed by atoms with Crippen LogP contribution in [0.3, 0.4) is 0 Å². The summed E-state index contributed by atoms with van der Waals surface area (Å²) in [5, 5.41) is 7.82. The maximum absolute atomic E-state index is 12.7. The molecule has 3 aromatic carbocycles. The average molecular weight is 419 g/mol. The number of benzene rings is 3. The van der Waals surface area contributed by atoms with Gasteiger partial charge in [-0.1, -0.05) is 54.1 Å². The van der Waals surface area contributed by atoms with Gasteiger partial charge < -0.3 is 10.1 Å². The molecule has 1 amide bonds. The van der Waals surface area contributed by atoms with Crippen LogP contribution in [-0.4, -0.2) is 27.8 Å². The number of carbonyl (C=O) groups excluding carboxylic acids is 1. The Hall–Kier alpha value is -3.64. The topological polar surface area (TPSA) is 69.0 Å². The first kappa shape index (κ1) is 19.7. The predicted octanol–water partition coefficient (Wildman–Crippen LogP) is 4.53. The minimum atomic E-state index is -0.362. The number of hydrogen-bond acceptors (Lipinski definition) is 4. The van der Waals surface area contributed by atoms with Crippen LogP contribution in [0.25, 0.3) is 17.1 Å². The van der Waals surface area contributed by atoms with Gasteiger partial charge in [0, 0.05) is 12.1 Å². The van der Waals surface area contributed by atoms with Crippen LogP contribution >= 0.6 is 11.6 Å². The zero-order valence-electron chi connectivity index (χ0n) is 16.2. The fourth-order valence-electron chi connectivity index (χ4n) is 2.98. The third kappa shape index (κ3) is 4.18. The largest absolute Gasteiger partial charge is 0.497 e. The van der Waals surface area contributed by atoms with Gasteiger partial charge in [0.25, 0.3) is 5.91 Å². The van der Waals surface area contributed by atoms with Gasteiger partial charge in [-0.3, -0.25) is 4.79 Å². The lowest BCUT2D eigenvalue weighted by molar-refractivity contribution is 0.0940. The Kier molecular flexibility index (Phi) is 5.77.